The molecule has 104 valence electrons. The van der Waals surface area contributed by atoms with Crippen molar-refractivity contribution in [3.05, 3.63) is 40.8 Å². The second-order valence-corrected chi connectivity index (χ2v) is 5.16. The molecule has 1 aromatic carbocycles. The molecule has 5 nitrogen and oxygen atoms in total. The second kappa shape index (κ2) is 5.75. The summed E-state index contributed by atoms with van der Waals surface area (Å²) < 4.78 is 5.03. The zero-order valence-corrected chi connectivity index (χ0v) is 11.4. The smallest absolute Gasteiger partial charge is 0.349 e. The quantitative estimate of drug-likeness (QED) is 0.885. The van der Waals surface area contributed by atoms with E-state index in [1.807, 2.05) is 31.2 Å². The molecule has 1 aromatic heterocycles. The van der Waals surface area contributed by atoms with E-state index in [9.17, 15) is 9.59 Å². The number of ether oxygens (including phenoxy) is 1. The summed E-state index contributed by atoms with van der Waals surface area (Å²) in [5.74, 6) is -2.19. The number of aryl methyl sites for hydroxylation is 1. The Bertz CT molecular complexity index is 659. The average molecular weight is 292 g/mol. The van der Waals surface area contributed by atoms with E-state index in [0.717, 1.165) is 27.3 Å². The Hall–Kier alpha value is -2.34. The molecular formula is C14H12O5S. The van der Waals surface area contributed by atoms with E-state index in [2.05, 4.69) is 0 Å². The third-order valence-corrected chi connectivity index (χ3v) is 3.79. The molecule has 0 unspecified atom stereocenters. The molecule has 0 aliphatic rings. The SMILES string of the molecule is Cc1ccccc1-c1cc(OCC(=O)O)c(C(=O)O)s1. The van der Waals surface area contributed by atoms with Gasteiger partial charge in [0.15, 0.2) is 11.5 Å². The Labute approximate surface area is 119 Å². The van der Waals surface area contributed by atoms with Crippen LogP contribution in [0.15, 0.2) is 30.3 Å². The maximum Gasteiger partial charge on any atom is 0.349 e. The predicted molar refractivity (Wildman–Crippen MR) is 74.6 cm³/mol. The molecular weight excluding hydrogens is 280 g/mol. The lowest BCUT2D eigenvalue weighted by molar-refractivity contribution is -0.139. The number of hydrogen-bond donors (Lipinski definition) is 2. The summed E-state index contributed by atoms with van der Waals surface area (Å²) in [5.41, 5.74) is 1.92. The van der Waals surface area contributed by atoms with E-state index in [4.69, 9.17) is 14.9 Å². The van der Waals surface area contributed by atoms with Crippen molar-refractivity contribution in [2.75, 3.05) is 6.61 Å². The highest BCUT2D eigenvalue weighted by molar-refractivity contribution is 7.17. The van der Waals surface area contributed by atoms with Gasteiger partial charge in [-0.05, 0) is 24.1 Å². The Morgan fingerprint density at radius 3 is 2.55 bits per heavy atom. The summed E-state index contributed by atoms with van der Waals surface area (Å²) in [6.45, 7) is 1.36. The Morgan fingerprint density at radius 2 is 1.95 bits per heavy atom. The van der Waals surface area contributed by atoms with Gasteiger partial charge in [-0.15, -0.1) is 11.3 Å². The number of carboxylic acid groups (broad SMARTS) is 2. The maximum atomic E-state index is 11.2. The van der Waals surface area contributed by atoms with Gasteiger partial charge < -0.3 is 14.9 Å². The Morgan fingerprint density at radius 1 is 1.25 bits per heavy atom. The van der Waals surface area contributed by atoms with Crippen LogP contribution in [0, 0.1) is 6.92 Å². The number of thiophene rings is 1. The van der Waals surface area contributed by atoms with Gasteiger partial charge in [-0.2, -0.15) is 0 Å². The fourth-order valence-electron chi connectivity index (χ4n) is 1.75. The van der Waals surface area contributed by atoms with E-state index >= 15 is 0 Å². The normalized spacial score (nSPS) is 10.2. The molecule has 0 aliphatic heterocycles. The molecule has 0 saturated carbocycles. The first-order valence-corrected chi connectivity index (χ1v) is 6.58. The molecule has 2 aromatic rings. The minimum absolute atomic E-state index is 0.00417. The van der Waals surface area contributed by atoms with Crippen molar-refractivity contribution in [3.8, 4) is 16.2 Å². The molecule has 0 bridgehead atoms. The first-order chi connectivity index (χ1) is 9.49. The fraction of sp³-hybridized carbons (Fsp3) is 0.143. The molecule has 2 rings (SSSR count). The Balaban J connectivity index is 2.41. The number of aromatic carboxylic acids is 1. The molecule has 1 heterocycles. The van der Waals surface area contributed by atoms with Gasteiger partial charge in [0.25, 0.3) is 0 Å². The Kier molecular flexibility index (Phi) is 4.05. The van der Waals surface area contributed by atoms with Gasteiger partial charge in [0.05, 0.1) is 0 Å². The van der Waals surface area contributed by atoms with Crippen molar-refractivity contribution in [3.63, 3.8) is 0 Å². The summed E-state index contributed by atoms with van der Waals surface area (Å²) in [6, 6.07) is 9.13. The molecule has 0 atom stereocenters. The zero-order chi connectivity index (χ0) is 14.7. The van der Waals surface area contributed by atoms with Crippen LogP contribution in [0.4, 0.5) is 0 Å². The lowest BCUT2D eigenvalue weighted by Crippen LogP contribution is -2.10. The lowest BCUT2D eigenvalue weighted by atomic mass is 10.1. The van der Waals surface area contributed by atoms with Gasteiger partial charge in [-0.3, -0.25) is 0 Å². The van der Waals surface area contributed by atoms with Gasteiger partial charge >= 0.3 is 11.9 Å². The van der Waals surface area contributed by atoms with Crippen LogP contribution in [0.1, 0.15) is 15.2 Å². The third kappa shape index (κ3) is 2.97. The van der Waals surface area contributed by atoms with Crippen molar-refractivity contribution in [2.24, 2.45) is 0 Å². The highest BCUT2D eigenvalue weighted by Crippen LogP contribution is 2.37. The molecule has 6 heteroatoms. The number of hydrogen-bond acceptors (Lipinski definition) is 4. The second-order valence-electron chi connectivity index (χ2n) is 4.11. The molecule has 0 saturated heterocycles. The minimum Gasteiger partial charge on any atom is -0.480 e. The van der Waals surface area contributed by atoms with Gasteiger partial charge in [0, 0.05) is 4.88 Å². The number of benzene rings is 1. The fourth-order valence-corrected chi connectivity index (χ4v) is 2.78. The standard InChI is InChI=1S/C14H12O5S/c1-8-4-2-3-5-9(8)11-6-10(19-7-12(15)16)13(20-11)14(17)18/h2-6H,7H2,1H3,(H,15,16)(H,17,18). The van der Waals surface area contributed by atoms with E-state index in [-0.39, 0.29) is 10.6 Å². The summed E-state index contributed by atoms with van der Waals surface area (Å²) in [7, 11) is 0. The topological polar surface area (TPSA) is 83.8 Å². The minimum atomic E-state index is -1.15. The zero-order valence-electron chi connectivity index (χ0n) is 10.6. The molecule has 20 heavy (non-hydrogen) atoms. The first kappa shape index (κ1) is 14.1. The highest BCUT2D eigenvalue weighted by atomic mass is 32.1. The number of aliphatic carboxylic acids is 1. The van der Waals surface area contributed by atoms with Crippen LogP contribution in [0.5, 0.6) is 5.75 Å². The van der Waals surface area contributed by atoms with Crippen LogP contribution < -0.4 is 4.74 Å². The number of carbonyl (C=O) groups is 2. The van der Waals surface area contributed by atoms with Gasteiger partial charge in [0.1, 0.15) is 5.75 Å². The predicted octanol–water partition coefficient (Wildman–Crippen LogP) is 2.89. The average Bonchev–Trinajstić information content (AvgIpc) is 2.81. The highest BCUT2D eigenvalue weighted by Gasteiger charge is 2.19. The maximum absolute atomic E-state index is 11.2. The van der Waals surface area contributed by atoms with Crippen LogP contribution in [0.3, 0.4) is 0 Å². The van der Waals surface area contributed by atoms with E-state index < -0.39 is 18.5 Å². The molecule has 0 amide bonds. The van der Waals surface area contributed by atoms with E-state index in [1.54, 1.807) is 6.07 Å². The summed E-state index contributed by atoms with van der Waals surface area (Å²) in [5, 5.41) is 17.7. The molecule has 0 radical (unpaired) electrons. The molecule has 0 spiro atoms. The van der Waals surface area contributed by atoms with Gasteiger partial charge in [-0.1, -0.05) is 24.3 Å². The van der Waals surface area contributed by atoms with Crippen LogP contribution >= 0.6 is 11.3 Å². The van der Waals surface area contributed by atoms with Crippen LogP contribution in [0.2, 0.25) is 0 Å². The van der Waals surface area contributed by atoms with Gasteiger partial charge in [-0.25, -0.2) is 9.59 Å². The van der Waals surface area contributed by atoms with Crippen molar-refractivity contribution >= 4 is 23.3 Å². The van der Waals surface area contributed by atoms with E-state index in [0.29, 0.717) is 0 Å². The van der Waals surface area contributed by atoms with Crippen molar-refractivity contribution in [1.82, 2.24) is 0 Å². The van der Waals surface area contributed by atoms with Crippen LogP contribution in [-0.2, 0) is 4.79 Å². The van der Waals surface area contributed by atoms with Crippen molar-refractivity contribution in [2.45, 2.75) is 6.92 Å². The summed E-state index contributed by atoms with van der Waals surface area (Å²) in [4.78, 5) is 22.4. The third-order valence-electron chi connectivity index (χ3n) is 2.65. The monoisotopic (exact) mass is 292 g/mol. The molecule has 0 aliphatic carbocycles. The summed E-state index contributed by atoms with van der Waals surface area (Å²) in [6.07, 6.45) is 0. The van der Waals surface area contributed by atoms with Crippen molar-refractivity contribution < 1.29 is 24.5 Å². The van der Waals surface area contributed by atoms with Crippen molar-refractivity contribution in [1.29, 1.82) is 0 Å². The molecule has 0 fully saturated rings. The van der Waals surface area contributed by atoms with Gasteiger partial charge in [0.2, 0.25) is 0 Å². The first-order valence-electron chi connectivity index (χ1n) is 5.76. The van der Waals surface area contributed by atoms with Crippen LogP contribution in [0.25, 0.3) is 10.4 Å². The molecule has 2 N–H and O–H groups in total. The number of rotatable bonds is 5. The summed E-state index contributed by atoms with van der Waals surface area (Å²) >= 11 is 1.07. The van der Waals surface area contributed by atoms with E-state index in [1.165, 1.54) is 0 Å². The largest absolute Gasteiger partial charge is 0.480 e. The number of carboxylic acids is 2. The lowest BCUT2D eigenvalue weighted by Gasteiger charge is -2.01. The van der Waals surface area contributed by atoms with Crippen LogP contribution in [-0.4, -0.2) is 28.8 Å².